The fourth-order valence-electron chi connectivity index (χ4n) is 0.617. The van der Waals surface area contributed by atoms with E-state index in [-0.39, 0.29) is 5.38 Å². The zero-order chi connectivity index (χ0) is 8.27. The summed E-state index contributed by atoms with van der Waals surface area (Å²) in [5.41, 5.74) is 0. The van der Waals surface area contributed by atoms with Crippen LogP contribution in [0.25, 0.3) is 0 Å². The van der Waals surface area contributed by atoms with Crippen LogP contribution in [-0.2, 0) is 11.3 Å². The summed E-state index contributed by atoms with van der Waals surface area (Å²) in [6, 6.07) is 0. The molecule has 0 radical (unpaired) electrons. The number of ether oxygens (including phenoxy) is 1. The van der Waals surface area contributed by atoms with E-state index >= 15 is 0 Å². The molecule has 0 spiro atoms. The quantitative estimate of drug-likeness (QED) is 0.656. The molecule has 0 fully saturated rings. The molecular weight excluding hydrogens is 168 g/mol. The van der Waals surface area contributed by atoms with Crippen molar-refractivity contribution in [2.45, 2.75) is 18.9 Å². The minimum absolute atomic E-state index is 0.242. The molecule has 62 valence electrons. The number of alkyl halides is 1. The van der Waals surface area contributed by atoms with Gasteiger partial charge in [-0.1, -0.05) is 5.16 Å². The predicted molar refractivity (Wildman–Crippen MR) is 39.3 cm³/mol. The highest BCUT2D eigenvalue weighted by Gasteiger charge is 2.10. The molecule has 0 aliphatic rings. The highest BCUT2D eigenvalue weighted by molar-refractivity contribution is 6.20. The van der Waals surface area contributed by atoms with Crippen LogP contribution >= 0.6 is 11.6 Å². The summed E-state index contributed by atoms with van der Waals surface area (Å²) in [5.74, 6) is 0.953. The van der Waals surface area contributed by atoms with Crippen LogP contribution in [0.15, 0.2) is 4.52 Å². The number of hydrogen-bond acceptors (Lipinski definition) is 4. The molecule has 0 aliphatic heterocycles. The van der Waals surface area contributed by atoms with E-state index in [0.717, 1.165) is 0 Å². The van der Waals surface area contributed by atoms with Crippen molar-refractivity contribution in [3.63, 3.8) is 0 Å². The zero-order valence-corrected chi connectivity index (χ0v) is 7.13. The average Bonchev–Trinajstić information content (AvgIpc) is 2.37. The lowest BCUT2D eigenvalue weighted by Crippen LogP contribution is -1.90. The summed E-state index contributed by atoms with van der Waals surface area (Å²) in [6.07, 6.45) is 0. The van der Waals surface area contributed by atoms with Gasteiger partial charge in [-0.3, -0.25) is 0 Å². The molecule has 4 nitrogen and oxygen atoms in total. The zero-order valence-electron chi connectivity index (χ0n) is 6.37. The van der Waals surface area contributed by atoms with Crippen molar-refractivity contribution in [1.82, 2.24) is 10.1 Å². The number of nitrogens with zero attached hydrogens (tertiary/aromatic N) is 2. The Morgan fingerprint density at radius 1 is 1.73 bits per heavy atom. The highest BCUT2D eigenvalue weighted by atomic mass is 35.5. The predicted octanol–water partition coefficient (Wildman–Crippen LogP) is 1.52. The second-order valence-corrected chi connectivity index (χ2v) is 2.75. The van der Waals surface area contributed by atoms with Gasteiger partial charge in [-0.2, -0.15) is 4.98 Å². The second kappa shape index (κ2) is 3.69. The molecule has 1 heterocycles. The van der Waals surface area contributed by atoms with E-state index in [4.69, 9.17) is 20.9 Å². The molecule has 0 N–H and O–H groups in total. The summed E-state index contributed by atoms with van der Waals surface area (Å²) in [4.78, 5) is 3.96. The van der Waals surface area contributed by atoms with Crippen molar-refractivity contribution < 1.29 is 9.26 Å². The molecule has 1 rings (SSSR count). The number of halogens is 1. The first-order valence-electron chi connectivity index (χ1n) is 3.19. The Bertz CT molecular complexity index is 224. The monoisotopic (exact) mass is 176 g/mol. The molecule has 0 bridgehead atoms. The van der Waals surface area contributed by atoms with Gasteiger partial charge in [0.1, 0.15) is 12.0 Å². The maximum absolute atomic E-state index is 5.68. The highest BCUT2D eigenvalue weighted by Crippen LogP contribution is 2.16. The number of methoxy groups -OCH3 is 1. The minimum Gasteiger partial charge on any atom is -0.377 e. The molecule has 1 atom stereocenters. The summed E-state index contributed by atoms with van der Waals surface area (Å²) >= 11 is 5.68. The van der Waals surface area contributed by atoms with E-state index in [1.54, 1.807) is 14.0 Å². The lowest BCUT2D eigenvalue weighted by Gasteiger charge is -1.89. The maximum Gasteiger partial charge on any atom is 0.244 e. The van der Waals surface area contributed by atoms with E-state index in [1.165, 1.54) is 0 Å². The fraction of sp³-hybridized carbons (Fsp3) is 0.667. The van der Waals surface area contributed by atoms with E-state index in [1.807, 2.05) is 0 Å². The van der Waals surface area contributed by atoms with Gasteiger partial charge in [0.25, 0.3) is 0 Å². The topological polar surface area (TPSA) is 48.2 Å². The maximum atomic E-state index is 5.68. The molecule has 0 saturated heterocycles. The van der Waals surface area contributed by atoms with Crippen LogP contribution in [0.4, 0.5) is 0 Å². The van der Waals surface area contributed by atoms with Gasteiger partial charge >= 0.3 is 0 Å². The van der Waals surface area contributed by atoms with Gasteiger partial charge in [0.15, 0.2) is 5.82 Å². The van der Waals surface area contributed by atoms with Crippen LogP contribution in [0.1, 0.15) is 24.0 Å². The van der Waals surface area contributed by atoms with Gasteiger partial charge in [-0.15, -0.1) is 11.6 Å². The number of aromatic nitrogens is 2. The minimum atomic E-state index is -0.242. The Morgan fingerprint density at radius 2 is 2.45 bits per heavy atom. The van der Waals surface area contributed by atoms with E-state index in [2.05, 4.69) is 10.1 Å². The molecule has 0 saturated carbocycles. The summed E-state index contributed by atoms with van der Waals surface area (Å²) in [6.45, 7) is 2.12. The number of rotatable bonds is 3. The van der Waals surface area contributed by atoms with Crippen molar-refractivity contribution in [3.8, 4) is 0 Å². The SMILES string of the molecule is COCc1noc([C@@H](C)Cl)n1. The van der Waals surface area contributed by atoms with Crippen LogP contribution in [0.2, 0.25) is 0 Å². The summed E-state index contributed by atoms with van der Waals surface area (Å²) in [5, 5.41) is 3.39. The van der Waals surface area contributed by atoms with Gasteiger partial charge in [0.2, 0.25) is 5.89 Å². The van der Waals surface area contributed by atoms with Crippen molar-refractivity contribution >= 4 is 11.6 Å². The van der Waals surface area contributed by atoms with Crippen LogP contribution in [-0.4, -0.2) is 17.3 Å². The fourth-order valence-corrected chi connectivity index (χ4v) is 0.705. The molecular formula is C6H9ClN2O2. The Labute approximate surface area is 69.5 Å². The van der Waals surface area contributed by atoms with Crippen LogP contribution in [0.3, 0.4) is 0 Å². The third-order valence-corrected chi connectivity index (χ3v) is 1.28. The molecule has 1 aromatic rings. The van der Waals surface area contributed by atoms with Crippen LogP contribution in [0.5, 0.6) is 0 Å². The van der Waals surface area contributed by atoms with Gasteiger partial charge in [-0.05, 0) is 6.92 Å². The first-order chi connectivity index (χ1) is 5.24. The second-order valence-electron chi connectivity index (χ2n) is 2.10. The average molecular weight is 177 g/mol. The number of hydrogen-bond donors (Lipinski definition) is 0. The molecule has 1 aromatic heterocycles. The van der Waals surface area contributed by atoms with Gasteiger partial charge in [0.05, 0.1) is 0 Å². The molecule has 0 aromatic carbocycles. The Hall–Kier alpha value is -0.610. The summed E-state index contributed by atoms with van der Waals surface area (Å²) < 4.78 is 9.60. The Balaban J connectivity index is 2.66. The molecule has 0 amide bonds. The van der Waals surface area contributed by atoms with Crippen molar-refractivity contribution in [2.24, 2.45) is 0 Å². The Morgan fingerprint density at radius 3 is 2.91 bits per heavy atom. The molecule has 0 aliphatic carbocycles. The van der Waals surface area contributed by atoms with Crippen molar-refractivity contribution in [2.75, 3.05) is 7.11 Å². The smallest absolute Gasteiger partial charge is 0.244 e. The largest absolute Gasteiger partial charge is 0.377 e. The third kappa shape index (κ3) is 2.17. The van der Waals surface area contributed by atoms with Gasteiger partial charge in [-0.25, -0.2) is 0 Å². The van der Waals surface area contributed by atoms with E-state index in [0.29, 0.717) is 18.3 Å². The van der Waals surface area contributed by atoms with Crippen LogP contribution < -0.4 is 0 Å². The van der Waals surface area contributed by atoms with Crippen molar-refractivity contribution in [3.05, 3.63) is 11.7 Å². The molecule has 0 unspecified atom stereocenters. The summed E-state index contributed by atoms with van der Waals surface area (Å²) in [7, 11) is 1.57. The first kappa shape index (κ1) is 8.49. The van der Waals surface area contributed by atoms with Crippen LogP contribution in [0, 0.1) is 0 Å². The normalized spacial score (nSPS) is 13.4. The van der Waals surface area contributed by atoms with E-state index in [9.17, 15) is 0 Å². The first-order valence-corrected chi connectivity index (χ1v) is 3.63. The van der Waals surface area contributed by atoms with Gasteiger partial charge in [0, 0.05) is 7.11 Å². The van der Waals surface area contributed by atoms with E-state index < -0.39 is 0 Å². The Kier molecular flexibility index (Phi) is 2.84. The third-order valence-electron chi connectivity index (χ3n) is 1.10. The standard InChI is InChI=1S/C6H9ClN2O2/c1-4(7)6-8-5(3-10-2)9-11-6/h4H,3H2,1-2H3/t4-/m1/s1. The lowest BCUT2D eigenvalue weighted by molar-refractivity contribution is 0.174. The van der Waals surface area contributed by atoms with Gasteiger partial charge < -0.3 is 9.26 Å². The lowest BCUT2D eigenvalue weighted by atomic mass is 10.5. The molecule has 5 heteroatoms. The molecule has 11 heavy (non-hydrogen) atoms. The van der Waals surface area contributed by atoms with Crippen molar-refractivity contribution in [1.29, 1.82) is 0 Å².